The molecule has 2 rings (SSSR count). The van der Waals surface area contributed by atoms with Crippen molar-refractivity contribution in [2.24, 2.45) is 0 Å². The summed E-state index contributed by atoms with van der Waals surface area (Å²) in [5.41, 5.74) is 1.21. The van der Waals surface area contributed by atoms with E-state index in [1.165, 1.54) is 49.6 Å². The molecule has 6 nitrogen and oxygen atoms in total. The number of methoxy groups -OCH3 is 1. The van der Waals surface area contributed by atoms with Crippen molar-refractivity contribution in [1.82, 2.24) is 0 Å². The summed E-state index contributed by atoms with van der Waals surface area (Å²) >= 11 is 0. The summed E-state index contributed by atoms with van der Waals surface area (Å²) in [5.74, 6) is -1.03. The van der Waals surface area contributed by atoms with Crippen LogP contribution in [-0.2, 0) is 9.53 Å². The van der Waals surface area contributed by atoms with E-state index in [-0.39, 0.29) is 11.3 Å². The molecule has 1 amide bonds. The number of esters is 1. The molecule has 0 saturated heterocycles. The summed E-state index contributed by atoms with van der Waals surface area (Å²) in [6.07, 6.45) is 1.37. The van der Waals surface area contributed by atoms with Crippen LogP contribution in [0.1, 0.15) is 15.9 Å². The number of rotatable bonds is 4. The van der Waals surface area contributed by atoms with Crippen LogP contribution in [0, 0.1) is 11.3 Å². The Kier molecular flexibility index (Phi) is 5.32. The predicted octanol–water partition coefficient (Wildman–Crippen LogP) is 2.72. The van der Waals surface area contributed by atoms with Gasteiger partial charge < -0.3 is 15.2 Å². The fourth-order valence-corrected chi connectivity index (χ4v) is 1.94. The Balaban J connectivity index is 2.15. The van der Waals surface area contributed by atoms with Crippen molar-refractivity contribution in [3.63, 3.8) is 0 Å². The van der Waals surface area contributed by atoms with E-state index in [4.69, 9.17) is 5.26 Å². The third kappa shape index (κ3) is 4.21. The number of hydrogen-bond acceptors (Lipinski definition) is 5. The maximum Gasteiger partial charge on any atom is 0.337 e. The molecule has 120 valence electrons. The van der Waals surface area contributed by atoms with E-state index in [0.29, 0.717) is 16.8 Å². The number of phenolic OH excluding ortho intramolecular Hbond substituents is 1. The zero-order valence-corrected chi connectivity index (χ0v) is 12.8. The second-order valence-electron chi connectivity index (χ2n) is 4.79. The lowest BCUT2D eigenvalue weighted by molar-refractivity contribution is -0.112. The number of carbonyl (C=O) groups excluding carboxylic acids is 2. The Morgan fingerprint density at radius 1 is 1.21 bits per heavy atom. The molecule has 0 aliphatic carbocycles. The molecule has 0 unspecified atom stereocenters. The quantitative estimate of drug-likeness (QED) is 0.512. The molecule has 24 heavy (non-hydrogen) atoms. The number of hydrogen-bond donors (Lipinski definition) is 2. The molecule has 2 aromatic rings. The van der Waals surface area contributed by atoms with Crippen molar-refractivity contribution in [2.75, 3.05) is 12.4 Å². The van der Waals surface area contributed by atoms with Crippen molar-refractivity contribution in [3.8, 4) is 11.8 Å². The summed E-state index contributed by atoms with van der Waals surface area (Å²) in [6.45, 7) is 0. The van der Waals surface area contributed by atoms with Crippen LogP contribution in [0.5, 0.6) is 5.75 Å². The Morgan fingerprint density at radius 2 is 1.92 bits per heavy atom. The monoisotopic (exact) mass is 322 g/mol. The molecule has 0 radical (unpaired) electrons. The van der Waals surface area contributed by atoms with Crippen LogP contribution in [0.25, 0.3) is 6.08 Å². The lowest BCUT2D eigenvalue weighted by Gasteiger charge is -2.05. The number of benzene rings is 2. The van der Waals surface area contributed by atoms with Crippen LogP contribution in [0.2, 0.25) is 0 Å². The van der Waals surface area contributed by atoms with E-state index in [9.17, 15) is 14.7 Å². The lowest BCUT2D eigenvalue weighted by atomic mass is 10.1. The first kappa shape index (κ1) is 16.8. The number of amides is 1. The Labute approximate surface area is 138 Å². The molecule has 0 heterocycles. The van der Waals surface area contributed by atoms with Crippen LogP contribution in [0.3, 0.4) is 0 Å². The zero-order chi connectivity index (χ0) is 17.5. The summed E-state index contributed by atoms with van der Waals surface area (Å²) < 4.78 is 4.59. The molecule has 0 fully saturated rings. The van der Waals surface area contributed by atoms with Gasteiger partial charge in [-0.1, -0.05) is 12.1 Å². The highest BCUT2D eigenvalue weighted by molar-refractivity contribution is 6.09. The SMILES string of the molecule is COC(=O)c1ccc(NC(=O)/C(C#N)=C\c2cccc(O)c2)cc1. The van der Waals surface area contributed by atoms with Crippen molar-refractivity contribution in [3.05, 3.63) is 65.2 Å². The van der Waals surface area contributed by atoms with Crippen molar-refractivity contribution < 1.29 is 19.4 Å². The van der Waals surface area contributed by atoms with Gasteiger partial charge in [-0.25, -0.2) is 4.79 Å². The third-order valence-electron chi connectivity index (χ3n) is 3.11. The van der Waals surface area contributed by atoms with Gasteiger partial charge in [0, 0.05) is 5.69 Å². The van der Waals surface area contributed by atoms with Crippen LogP contribution in [-0.4, -0.2) is 24.1 Å². The number of nitrogens with one attached hydrogen (secondary N) is 1. The fraction of sp³-hybridized carbons (Fsp3) is 0.0556. The number of ether oxygens (including phenoxy) is 1. The molecule has 0 bridgehead atoms. The Hall–Kier alpha value is -3.59. The summed E-state index contributed by atoms with van der Waals surface area (Å²) in [4.78, 5) is 23.5. The van der Waals surface area contributed by atoms with Gasteiger partial charge in [0.05, 0.1) is 12.7 Å². The Bertz CT molecular complexity index is 833. The summed E-state index contributed by atoms with van der Waals surface area (Å²) in [5, 5.41) is 21.1. The maximum atomic E-state index is 12.2. The first-order valence-corrected chi connectivity index (χ1v) is 6.94. The second-order valence-corrected chi connectivity index (χ2v) is 4.79. The standard InChI is InChI=1S/C18H14N2O4/c1-24-18(23)13-5-7-15(8-6-13)20-17(22)14(11-19)9-12-3-2-4-16(21)10-12/h2-10,21H,1H3,(H,20,22)/b14-9-. The zero-order valence-electron chi connectivity index (χ0n) is 12.8. The highest BCUT2D eigenvalue weighted by atomic mass is 16.5. The van der Waals surface area contributed by atoms with Gasteiger partial charge in [0.15, 0.2) is 0 Å². The van der Waals surface area contributed by atoms with E-state index in [2.05, 4.69) is 10.1 Å². The number of carbonyl (C=O) groups is 2. The van der Waals surface area contributed by atoms with Gasteiger partial charge in [0.2, 0.25) is 0 Å². The van der Waals surface area contributed by atoms with Crippen molar-refractivity contribution in [2.45, 2.75) is 0 Å². The molecule has 2 aromatic carbocycles. The molecule has 0 aliphatic rings. The summed E-state index contributed by atoms with van der Waals surface area (Å²) in [7, 11) is 1.28. The fourth-order valence-electron chi connectivity index (χ4n) is 1.94. The van der Waals surface area contributed by atoms with Crippen LogP contribution in [0.4, 0.5) is 5.69 Å². The summed E-state index contributed by atoms with van der Waals surface area (Å²) in [6, 6.07) is 14.1. The van der Waals surface area contributed by atoms with Gasteiger partial charge in [-0.15, -0.1) is 0 Å². The average molecular weight is 322 g/mol. The van der Waals surface area contributed by atoms with Gasteiger partial charge in [0.25, 0.3) is 5.91 Å². The molecule has 0 atom stereocenters. The van der Waals surface area contributed by atoms with Gasteiger partial charge in [-0.05, 0) is 48.0 Å². The number of nitrogens with zero attached hydrogens (tertiary/aromatic N) is 1. The Morgan fingerprint density at radius 3 is 2.50 bits per heavy atom. The van der Waals surface area contributed by atoms with Crippen LogP contribution in [0.15, 0.2) is 54.1 Å². The number of anilines is 1. The first-order chi connectivity index (χ1) is 11.5. The van der Waals surface area contributed by atoms with Crippen molar-refractivity contribution >= 4 is 23.6 Å². The third-order valence-corrected chi connectivity index (χ3v) is 3.11. The number of nitriles is 1. The largest absolute Gasteiger partial charge is 0.508 e. The molecule has 6 heteroatoms. The molecule has 0 spiro atoms. The lowest BCUT2D eigenvalue weighted by Crippen LogP contribution is -2.13. The minimum Gasteiger partial charge on any atom is -0.508 e. The van der Waals surface area contributed by atoms with Crippen molar-refractivity contribution in [1.29, 1.82) is 5.26 Å². The van der Waals surface area contributed by atoms with E-state index >= 15 is 0 Å². The van der Waals surface area contributed by atoms with Gasteiger partial charge in [-0.3, -0.25) is 4.79 Å². The van der Waals surface area contributed by atoms with Gasteiger partial charge in [-0.2, -0.15) is 5.26 Å². The maximum absolute atomic E-state index is 12.2. The van der Waals surface area contributed by atoms with Gasteiger partial charge in [0.1, 0.15) is 17.4 Å². The van der Waals surface area contributed by atoms with E-state index in [1.54, 1.807) is 12.1 Å². The van der Waals surface area contributed by atoms with E-state index in [0.717, 1.165) is 0 Å². The average Bonchev–Trinajstić information content (AvgIpc) is 2.59. The normalized spacial score (nSPS) is 10.6. The minimum absolute atomic E-state index is 0.0415. The molecular weight excluding hydrogens is 308 g/mol. The highest BCUT2D eigenvalue weighted by Gasteiger charge is 2.11. The van der Waals surface area contributed by atoms with Crippen LogP contribution >= 0.6 is 0 Å². The molecule has 0 aliphatic heterocycles. The number of phenols is 1. The molecule has 0 saturated carbocycles. The van der Waals surface area contributed by atoms with Crippen LogP contribution < -0.4 is 5.32 Å². The topological polar surface area (TPSA) is 99.4 Å². The molecular formula is C18H14N2O4. The van der Waals surface area contributed by atoms with E-state index in [1.807, 2.05) is 6.07 Å². The smallest absolute Gasteiger partial charge is 0.337 e. The second kappa shape index (κ2) is 7.61. The highest BCUT2D eigenvalue weighted by Crippen LogP contribution is 2.16. The van der Waals surface area contributed by atoms with Gasteiger partial charge >= 0.3 is 5.97 Å². The molecule has 0 aromatic heterocycles. The minimum atomic E-state index is -0.591. The molecule has 2 N–H and O–H groups in total. The number of aromatic hydroxyl groups is 1. The predicted molar refractivity (Wildman–Crippen MR) is 88.1 cm³/mol. The van der Waals surface area contributed by atoms with E-state index < -0.39 is 11.9 Å². The first-order valence-electron chi connectivity index (χ1n) is 6.94.